The van der Waals surface area contributed by atoms with Gasteiger partial charge in [0.15, 0.2) is 0 Å². The van der Waals surface area contributed by atoms with E-state index in [0.29, 0.717) is 22.7 Å². The molecule has 0 aliphatic carbocycles. The Morgan fingerprint density at radius 1 is 0.929 bits per heavy atom. The molecule has 28 heavy (non-hydrogen) atoms. The SMILES string of the molecule is COc1cc(OC)cc(C(=O)Nc2ccc(-c3nc4ccccc4s3)cc2)c1. The van der Waals surface area contributed by atoms with E-state index in [1.165, 1.54) is 0 Å². The van der Waals surface area contributed by atoms with Gasteiger partial charge in [-0.25, -0.2) is 4.98 Å². The van der Waals surface area contributed by atoms with Crippen molar-refractivity contribution < 1.29 is 14.3 Å². The van der Waals surface area contributed by atoms with Crippen LogP contribution < -0.4 is 14.8 Å². The predicted octanol–water partition coefficient (Wildman–Crippen LogP) is 5.23. The van der Waals surface area contributed by atoms with Gasteiger partial charge in [-0.2, -0.15) is 0 Å². The van der Waals surface area contributed by atoms with Gasteiger partial charge in [-0.05, 0) is 48.5 Å². The highest BCUT2D eigenvalue weighted by Crippen LogP contribution is 2.30. The molecule has 3 aromatic carbocycles. The van der Waals surface area contributed by atoms with Crippen molar-refractivity contribution in [2.75, 3.05) is 19.5 Å². The highest BCUT2D eigenvalue weighted by Gasteiger charge is 2.11. The number of nitrogens with zero attached hydrogens (tertiary/aromatic N) is 1. The van der Waals surface area contributed by atoms with Crippen LogP contribution in [-0.4, -0.2) is 25.1 Å². The van der Waals surface area contributed by atoms with E-state index in [0.717, 1.165) is 20.8 Å². The second kappa shape index (κ2) is 7.70. The first kappa shape index (κ1) is 18.0. The van der Waals surface area contributed by atoms with Crippen molar-refractivity contribution in [3.05, 3.63) is 72.3 Å². The summed E-state index contributed by atoms with van der Waals surface area (Å²) in [5, 5.41) is 3.85. The third kappa shape index (κ3) is 3.68. The molecule has 1 aromatic heterocycles. The number of rotatable bonds is 5. The lowest BCUT2D eigenvalue weighted by molar-refractivity contribution is 0.102. The van der Waals surface area contributed by atoms with Crippen LogP contribution >= 0.6 is 11.3 Å². The number of thiazole rings is 1. The molecule has 6 heteroatoms. The zero-order valence-electron chi connectivity index (χ0n) is 15.4. The average molecular weight is 390 g/mol. The number of para-hydroxylation sites is 1. The number of carbonyl (C=O) groups is 1. The zero-order valence-corrected chi connectivity index (χ0v) is 16.2. The third-order valence-electron chi connectivity index (χ3n) is 4.30. The van der Waals surface area contributed by atoms with E-state index in [9.17, 15) is 4.79 Å². The molecule has 4 aromatic rings. The molecule has 0 atom stereocenters. The smallest absolute Gasteiger partial charge is 0.255 e. The van der Waals surface area contributed by atoms with Crippen molar-refractivity contribution in [1.82, 2.24) is 4.98 Å². The number of nitrogens with one attached hydrogen (secondary N) is 1. The van der Waals surface area contributed by atoms with Crippen molar-refractivity contribution in [2.45, 2.75) is 0 Å². The molecule has 5 nitrogen and oxygen atoms in total. The van der Waals surface area contributed by atoms with E-state index in [1.807, 2.05) is 42.5 Å². The molecule has 0 unspecified atom stereocenters. The molecule has 1 heterocycles. The summed E-state index contributed by atoms with van der Waals surface area (Å²) in [5.41, 5.74) is 3.18. The minimum atomic E-state index is -0.232. The molecule has 140 valence electrons. The van der Waals surface area contributed by atoms with E-state index >= 15 is 0 Å². The Hall–Kier alpha value is -3.38. The molecule has 4 rings (SSSR count). The third-order valence-corrected chi connectivity index (χ3v) is 5.38. The molecular weight excluding hydrogens is 372 g/mol. The Bertz CT molecular complexity index is 1080. The highest BCUT2D eigenvalue weighted by atomic mass is 32.1. The minimum absolute atomic E-state index is 0.232. The molecule has 0 spiro atoms. The van der Waals surface area contributed by atoms with Gasteiger partial charge in [0.25, 0.3) is 5.91 Å². The molecule has 1 amide bonds. The quantitative estimate of drug-likeness (QED) is 0.507. The van der Waals surface area contributed by atoms with Crippen molar-refractivity contribution in [1.29, 1.82) is 0 Å². The van der Waals surface area contributed by atoms with Crippen molar-refractivity contribution in [2.24, 2.45) is 0 Å². The minimum Gasteiger partial charge on any atom is -0.497 e. The molecule has 0 fully saturated rings. The van der Waals surface area contributed by atoms with Crippen molar-refractivity contribution in [3.8, 4) is 22.1 Å². The number of anilines is 1. The maximum atomic E-state index is 12.6. The number of fused-ring (bicyclic) bond motifs is 1. The second-order valence-electron chi connectivity index (χ2n) is 6.12. The first-order valence-electron chi connectivity index (χ1n) is 8.67. The fraction of sp³-hybridized carbons (Fsp3) is 0.0909. The number of hydrogen-bond acceptors (Lipinski definition) is 5. The normalized spacial score (nSPS) is 10.6. The van der Waals surface area contributed by atoms with Gasteiger partial charge < -0.3 is 14.8 Å². The van der Waals surface area contributed by atoms with Crippen LogP contribution in [0.3, 0.4) is 0 Å². The van der Waals surface area contributed by atoms with E-state index in [1.54, 1.807) is 43.8 Å². The standard InChI is InChI=1S/C22H18N2O3S/c1-26-17-11-15(12-18(13-17)27-2)21(25)23-16-9-7-14(8-10-16)22-24-19-5-3-4-6-20(19)28-22/h3-13H,1-2H3,(H,23,25). The Kier molecular flexibility index (Phi) is 4.95. The Balaban J connectivity index is 1.53. The van der Waals surface area contributed by atoms with Gasteiger partial charge >= 0.3 is 0 Å². The molecule has 0 aliphatic rings. The molecule has 0 bridgehead atoms. The Morgan fingerprint density at radius 3 is 2.25 bits per heavy atom. The number of benzene rings is 3. The number of amides is 1. The van der Waals surface area contributed by atoms with Crippen LogP contribution in [0.4, 0.5) is 5.69 Å². The van der Waals surface area contributed by atoms with E-state index in [-0.39, 0.29) is 5.91 Å². The highest BCUT2D eigenvalue weighted by molar-refractivity contribution is 7.21. The number of carbonyl (C=O) groups excluding carboxylic acids is 1. The first-order valence-corrected chi connectivity index (χ1v) is 9.48. The summed E-state index contributed by atoms with van der Waals surface area (Å²) in [6.45, 7) is 0. The molecule has 0 saturated heterocycles. The summed E-state index contributed by atoms with van der Waals surface area (Å²) in [5.74, 6) is 0.899. The summed E-state index contributed by atoms with van der Waals surface area (Å²) in [4.78, 5) is 17.3. The number of aromatic nitrogens is 1. The molecule has 1 N–H and O–H groups in total. The lowest BCUT2D eigenvalue weighted by Crippen LogP contribution is -2.12. The van der Waals surface area contributed by atoms with Gasteiger partial charge in [0.2, 0.25) is 0 Å². The summed E-state index contributed by atoms with van der Waals surface area (Å²) in [6, 6.07) is 20.8. The van der Waals surface area contributed by atoms with Gasteiger partial charge in [0.05, 0.1) is 24.4 Å². The van der Waals surface area contributed by atoms with E-state index in [4.69, 9.17) is 9.47 Å². The summed E-state index contributed by atoms with van der Waals surface area (Å²) in [6.07, 6.45) is 0. The van der Waals surface area contributed by atoms with Crippen LogP contribution in [0.2, 0.25) is 0 Å². The lowest BCUT2D eigenvalue weighted by atomic mass is 10.1. The molecule has 0 aliphatic heterocycles. The van der Waals surface area contributed by atoms with Gasteiger partial charge in [0.1, 0.15) is 16.5 Å². The van der Waals surface area contributed by atoms with Crippen LogP contribution in [0, 0.1) is 0 Å². The maximum Gasteiger partial charge on any atom is 0.255 e. The van der Waals surface area contributed by atoms with Crippen LogP contribution in [0.25, 0.3) is 20.8 Å². The summed E-state index contributed by atoms with van der Waals surface area (Å²) in [7, 11) is 3.11. The average Bonchev–Trinajstić information content (AvgIpc) is 3.18. The van der Waals surface area contributed by atoms with Crippen LogP contribution in [0.15, 0.2) is 66.7 Å². The van der Waals surface area contributed by atoms with Gasteiger partial charge in [-0.15, -0.1) is 11.3 Å². The van der Waals surface area contributed by atoms with Crippen LogP contribution in [0.5, 0.6) is 11.5 Å². The zero-order chi connectivity index (χ0) is 19.5. The first-order chi connectivity index (χ1) is 13.7. The molecule has 0 saturated carbocycles. The Labute approximate surface area is 166 Å². The van der Waals surface area contributed by atoms with E-state index < -0.39 is 0 Å². The number of ether oxygens (including phenoxy) is 2. The Morgan fingerprint density at radius 2 is 1.61 bits per heavy atom. The summed E-state index contributed by atoms with van der Waals surface area (Å²) < 4.78 is 11.6. The van der Waals surface area contributed by atoms with Crippen LogP contribution in [0.1, 0.15) is 10.4 Å². The lowest BCUT2D eigenvalue weighted by Gasteiger charge is -2.09. The monoisotopic (exact) mass is 390 g/mol. The number of methoxy groups -OCH3 is 2. The van der Waals surface area contributed by atoms with Crippen molar-refractivity contribution in [3.63, 3.8) is 0 Å². The van der Waals surface area contributed by atoms with E-state index in [2.05, 4.69) is 16.4 Å². The summed E-state index contributed by atoms with van der Waals surface area (Å²) >= 11 is 1.65. The molecule has 0 radical (unpaired) electrons. The molecular formula is C22H18N2O3S. The van der Waals surface area contributed by atoms with Gasteiger partial charge in [0, 0.05) is 22.9 Å². The fourth-order valence-electron chi connectivity index (χ4n) is 2.83. The second-order valence-corrected chi connectivity index (χ2v) is 7.15. The fourth-order valence-corrected chi connectivity index (χ4v) is 3.80. The maximum absolute atomic E-state index is 12.6. The van der Waals surface area contributed by atoms with Crippen molar-refractivity contribution >= 4 is 33.1 Å². The topological polar surface area (TPSA) is 60.5 Å². The van der Waals surface area contributed by atoms with Gasteiger partial charge in [-0.3, -0.25) is 4.79 Å². The number of hydrogen-bond donors (Lipinski definition) is 1. The van der Waals surface area contributed by atoms with Gasteiger partial charge in [-0.1, -0.05) is 12.1 Å². The van der Waals surface area contributed by atoms with Crippen LogP contribution in [-0.2, 0) is 0 Å². The largest absolute Gasteiger partial charge is 0.497 e. The predicted molar refractivity (Wildman–Crippen MR) is 113 cm³/mol.